The van der Waals surface area contributed by atoms with Crippen molar-refractivity contribution in [3.63, 3.8) is 0 Å². The molecule has 2 rings (SSSR count). The minimum absolute atomic E-state index is 0.439. The predicted molar refractivity (Wildman–Crippen MR) is 63.2 cm³/mol. The Balaban J connectivity index is 2.24. The van der Waals surface area contributed by atoms with Crippen LogP contribution in [0.1, 0.15) is 17.3 Å². The van der Waals surface area contributed by atoms with Crippen LogP contribution in [0.15, 0.2) is 42.5 Å². The summed E-state index contributed by atoms with van der Waals surface area (Å²) in [6, 6.07) is 13.0. The fraction of sp³-hybridized carbons (Fsp3) is 0.0769. The van der Waals surface area contributed by atoms with Gasteiger partial charge in [0.05, 0.1) is 0 Å². The lowest BCUT2D eigenvalue weighted by atomic mass is 10.1. The van der Waals surface area contributed by atoms with Crippen molar-refractivity contribution in [2.24, 2.45) is 0 Å². The summed E-state index contributed by atoms with van der Waals surface area (Å²) in [4.78, 5) is 26.6. The molecule has 0 unspecified atom stereocenters. The molecule has 0 saturated carbocycles. The molecule has 0 aliphatic rings. The first-order valence-corrected chi connectivity index (χ1v) is 5.13. The second-order valence-electron chi connectivity index (χ2n) is 3.59. The quantitative estimate of drug-likeness (QED) is 0.761. The normalized spacial score (nSPS) is 9.94. The third kappa shape index (κ3) is 2.60. The summed E-state index contributed by atoms with van der Waals surface area (Å²) in [5.41, 5.74) is 2.52. The molecular weight excluding hydrogens is 218 g/mol. The van der Waals surface area contributed by atoms with E-state index >= 15 is 0 Å². The number of amides is 1. The van der Waals surface area contributed by atoms with Crippen molar-refractivity contribution in [1.82, 2.24) is 5.48 Å². The first kappa shape index (κ1) is 11.1. The van der Waals surface area contributed by atoms with Gasteiger partial charge in [0.15, 0.2) is 0 Å². The van der Waals surface area contributed by atoms with Gasteiger partial charge in [-0.05, 0) is 22.9 Å². The van der Waals surface area contributed by atoms with Crippen LogP contribution in [-0.4, -0.2) is 11.9 Å². The molecule has 0 aliphatic heterocycles. The van der Waals surface area contributed by atoms with E-state index in [1.165, 1.54) is 6.92 Å². The first-order valence-electron chi connectivity index (χ1n) is 5.13. The lowest BCUT2D eigenvalue weighted by Gasteiger charge is -2.04. The average molecular weight is 229 g/mol. The molecule has 0 atom stereocenters. The molecule has 2 aromatic carbocycles. The Morgan fingerprint density at radius 1 is 1.06 bits per heavy atom. The van der Waals surface area contributed by atoms with Gasteiger partial charge in [-0.15, -0.1) is 0 Å². The van der Waals surface area contributed by atoms with Crippen LogP contribution in [0.2, 0.25) is 0 Å². The second kappa shape index (κ2) is 4.65. The summed E-state index contributed by atoms with van der Waals surface area (Å²) >= 11 is 0. The lowest BCUT2D eigenvalue weighted by Crippen LogP contribution is -2.25. The number of hydrogen-bond acceptors (Lipinski definition) is 3. The molecule has 0 aromatic heterocycles. The third-order valence-electron chi connectivity index (χ3n) is 2.30. The molecule has 4 heteroatoms. The van der Waals surface area contributed by atoms with E-state index in [-0.39, 0.29) is 0 Å². The largest absolute Gasteiger partial charge is 0.341 e. The van der Waals surface area contributed by atoms with Gasteiger partial charge in [0.1, 0.15) is 0 Å². The molecule has 0 fully saturated rings. The van der Waals surface area contributed by atoms with Gasteiger partial charge in [-0.1, -0.05) is 30.3 Å². The van der Waals surface area contributed by atoms with E-state index in [1.807, 2.05) is 30.3 Å². The first-order chi connectivity index (χ1) is 8.16. The van der Waals surface area contributed by atoms with E-state index in [9.17, 15) is 9.59 Å². The van der Waals surface area contributed by atoms with Crippen molar-refractivity contribution in [3.8, 4) is 0 Å². The third-order valence-corrected chi connectivity index (χ3v) is 2.30. The number of benzene rings is 2. The fourth-order valence-electron chi connectivity index (χ4n) is 1.51. The monoisotopic (exact) mass is 229 g/mol. The smallest absolute Gasteiger partial charge is 0.329 e. The van der Waals surface area contributed by atoms with Crippen LogP contribution in [0.5, 0.6) is 0 Å². The maximum Gasteiger partial charge on any atom is 0.329 e. The molecule has 1 N–H and O–H groups in total. The molecule has 0 spiro atoms. The number of fused-ring (bicyclic) bond motifs is 1. The number of rotatable bonds is 1. The number of carbonyl (C=O) groups is 2. The highest BCUT2D eigenvalue weighted by atomic mass is 16.7. The second-order valence-corrected chi connectivity index (χ2v) is 3.59. The van der Waals surface area contributed by atoms with E-state index in [0.717, 1.165) is 10.8 Å². The van der Waals surface area contributed by atoms with Crippen molar-refractivity contribution in [1.29, 1.82) is 0 Å². The molecule has 1 amide bonds. The topological polar surface area (TPSA) is 55.4 Å². The predicted octanol–water partition coefficient (Wildman–Crippen LogP) is 2.05. The van der Waals surface area contributed by atoms with Gasteiger partial charge >= 0.3 is 5.97 Å². The van der Waals surface area contributed by atoms with Crippen molar-refractivity contribution < 1.29 is 14.4 Å². The van der Waals surface area contributed by atoms with Crippen LogP contribution < -0.4 is 5.48 Å². The molecule has 0 bridgehead atoms. The molecule has 2 aromatic rings. The number of hydrogen-bond donors (Lipinski definition) is 1. The molecular formula is C13H11NO3. The van der Waals surface area contributed by atoms with E-state index in [2.05, 4.69) is 10.3 Å². The molecule has 17 heavy (non-hydrogen) atoms. The SMILES string of the molecule is CC(=O)ONC(=O)c1ccc2ccccc2c1. The molecule has 86 valence electrons. The van der Waals surface area contributed by atoms with Gasteiger partial charge in [-0.3, -0.25) is 9.59 Å². The van der Waals surface area contributed by atoms with Gasteiger partial charge in [-0.25, -0.2) is 0 Å². The van der Waals surface area contributed by atoms with E-state index in [0.29, 0.717) is 5.56 Å². The highest BCUT2D eigenvalue weighted by molar-refractivity contribution is 5.98. The Morgan fingerprint density at radius 3 is 2.47 bits per heavy atom. The highest BCUT2D eigenvalue weighted by Crippen LogP contribution is 2.15. The van der Waals surface area contributed by atoms with Gasteiger partial charge in [0, 0.05) is 12.5 Å². The van der Waals surface area contributed by atoms with Gasteiger partial charge in [-0.2, -0.15) is 5.48 Å². The summed E-state index contributed by atoms with van der Waals surface area (Å²) in [7, 11) is 0. The molecule has 4 nitrogen and oxygen atoms in total. The zero-order chi connectivity index (χ0) is 12.3. The zero-order valence-corrected chi connectivity index (χ0v) is 9.27. The van der Waals surface area contributed by atoms with Crippen LogP contribution >= 0.6 is 0 Å². The molecule has 0 aliphatic carbocycles. The number of hydroxylamine groups is 1. The maximum atomic E-state index is 11.6. The van der Waals surface area contributed by atoms with E-state index in [4.69, 9.17) is 0 Å². The summed E-state index contributed by atoms with van der Waals surface area (Å²) < 4.78 is 0. The standard InChI is InChI=1S/C13H11NO3/c1-9(15)17-14-13(16)12-7-6-10-4-2-3-5-11(10)8-12/h2-8H,1H3,(H,14,16). The summed E-state index contributed by atoms with van der Waals surface area (Å²) in [5.74, 6) is -0.995. The van der Waals surface area contributed by atoms with Crippen LogP contribution in [0.4, 0.5) is 0 Å². The van der Waals surface area contributed by atoms with Gasteiger partial charge in [0.2, 0.25) is 0 Å². The lowest BCUT2D eigenvalue weighted by molar-refractivity contribution is -0.146. The Bertz CT molecular complexity index is 578. The van der Waals surface area contributed by atoms with Crippen molar-refractivity contribution >= 4 is 22.6 Å². The Hall–Kier alpha value is -2.36. The van der Waals surface area contributed by atoms with Crippen molar-refractivity contribution in [2.45, 2.75) is 6.92 Å². The van der Waals surface area contributed by atoms with Crippen LogP contribution in [0, 0.1) is 0 Å². The maximum absolute atomic E-state index is 11.6. The minimum Gasteiger partial charge on any atom is -0.341 e. The van der Waals surface area contributed by atoms with Gasteiger partial charge in [0.25, 0.3) is 5.91 Å². The summed E-state index contributed by atoms with van der Waals surface area (Å²) in [6.07, 6.45) is 0. The van der Waals surface area contributed by atoms with E-state index in [1.54, 1.807) is 12.1 Å². The number of nitrogens with one attached hydrogen (secondary N) is 1. The van der Waals surface area contributed by atoms with Crippen LogP contribution in [0.25, 0.3) is 10.8 Å². The average Bonchev–Trinajstić information content (AvgIpc) is 2.35. The van der Waals surface area contributed by atoms with Crippen molar-refractivity contribution in [2.75, 3.05) is 0 Å². The fourth-order valence-corrected chi connectivity index (χ4v) is 1.51. The highest BCUT2D eigenvalue weighted by Gasteiger charge is 2.07. The van der Waals surface area contributed by atoms with E-state index < -0.39 is 11.9 Å². The Labute approximate surface area is 98.1 Å². The minimum atomic E-state index is -0.556. The summed E-state index contributed by atoms with van der Waals surface area (Å²) in [5, 5.41) is 2.01. The summed E-state index contributed by atoms with van der Waals surface area (Å²) in [6.45, 7) is 1.22. The molecule has 0 saturated heterocycles. The Kier molecular flexibility index (Phi) is 3.05. The van der Waals surface area contributed by atoms with Crippen LogP contribution in [-0.2, 0) is 9.63 Å². The number of carbonyl (C=O) groups excluding carboxylic acids is 2. The van der Waals surface area contributed by atoms with Crippen molar-refractivity contribution in [3.05, 3.63) is 48.0 Å². The van der Waals surface area contributed by atoms with Gasteiger partial charge < -0.3 is 4.84 Å². The molecule has 0 radical (unpaired) electrons. The van der Waals surface area contributed by atoms with Crippen LogP contribution in [0.3, 0.4) is 0 Å². The zero-order valence-electron chi connectivity index (χ0n) is 9.27. The molecule has 0 heterocycles. The Morgan fingerprint density at radius 2 is 1.76 bits per heavy atom.